The van der Waals surface area contributed by atoms with Crippen LogP contribution in [0.25, 0.3) is 0 Å². The van der Waals surface area contributed by atoms with Gasteiger partial charge in [0, 0.05) is 24.8 Å². The molecule has 156 valence electrons. The third kappa shape index (κ3) is 3.63. The van der Waals surface area contributed by atoms with Crippen LogP contribution in [-0.4, -0.2) is 51.6 Å². The lowest BCUT2D eigenvalue weighted by Gasteiger charge is -2.29. The van der Waals surface area contributed by atoms with Gasteiger partial charge in [0.05, 0.1) is 17.9 Å². The number of hydrogen-bond donors (Lipinski definition) is 2. The van der Waals surface area contributed by atoms with Crippen LogP contribution in [0.15, 0.2) is 29.4 Å². The van der Waals surface area contributed by atoms with E-state index in [4.69, 9.17) is 5.73 Å². The molecule has 3 rings (SSSR count). The van der Waals surface area contributed by atoms with Gasteiger partial charge in [-0.15, -0.1) is 0 Å². The lowest BCUT2D eigenvalue weighted by atomic mass is 9.91. The molecule has 0 radical (unpaired) electrons. The molecule has 12 heteroatoms. The van der Waals surface area contributed by atoms with Crippen molar-refractivity contribution in [1.82, 2.24) is 13.1 Å². The van der Waals surface area contributed by atoms with Gasteiger partial charge in [0.2, 0.25) is 10.0 Å². The van der Waals surface area contributed by atoms with Crippen LogP contribution in [0.4, 0.5) is 10.1 Å². The predicted molar refractivity (Wildman–Crippen MR) is 109 cm³/mol. The molecule has 0 saturated heterocycles. The van der Waals surface area contributed by atoms with Gasteiger partial charge >= 0.3 is 0 Å². The van der Waals surface area contributed by atoms with Crippen LogP contribution in [0.5, 0.6) is 0 Å². The molecule has 0 aliphatic carbocycles. The van der Waals surface area contributed by atoms with Gasteiger partial charge in [-0.3, -0.25) is 9.79 Å². The number of hydrogen-bond acceptors (Lipinski definition) is 8. The number of amidine groups is 1. The predicted octanol–water partition coefficient (Wildman–Crippen LogP) is 1.56. The van der Waals surface area contributed by atoms with E-state index in [-0.39, 0.29) is 23.6 Å². The van der Waals surface area contributed by atoms with E-state index < -0.39 is 32.0 Å². The monoisotopic (exact) mass is 440 g/mol. The lowest BCUT2D eigenvalue weighted by molar-refractivity contribution is 0.102. The van der Waals surface area contributed by atoms with Crippen molar-refractivity contribution in [2.45, 2.75) is 31.1 Å². The van der Waals surface area contributed by atoms with Crippen molar-refractivity contribution in [3.05, 3.63) is 41.5 Å². The van der Waals surface area contributed by atoms with E-state index in [0.717, 1.165) is 16.0 Å². The molecule has 1 aromatic heterocycles. The number of carbonyl (C=O) groups is 1. The first kappa shape index (κ1) is 21.3. The van der Waals surface area contributed by atoms with Crippen molar-refractivity contribution < 1.29 is 17.6 Å². The van der Waals surface area contributed by atoms with Crippen molar-refractivity contribution in [2.24, 2.45) is 10.7 Å². The number of aromatic nitrogens is 2. The summed E-state index contributed by atoms with van der Waals surface area (Å²) in [4.78, 5) is 16.6. The second kappa shape index (κ2) is 7.11. The molecule has 29 heavy (non-hydrogen) atoms. The molecule has 2 aromatic rings. The second-order valence-corrected chi connectivity index (χ2v) is 10.6. The molecule has 1 aromatic carbocycles. The molecule has 2 heterocycles. The summed E-state index contributed by atoms with van der Waals surface area (Å²) in [7, 11) is -2.40. The maximum Gasteiger partial charge on any atom is 0.277 e. The fourth-order valence-corrected chi connectivity index (χ4v) is 5.02. The summed E-state index contributed by atoms with van der Waals surface area (Å²) in [6, 6.07) is 4.00. The number of benzene rings is 1. The number of nitrogens with zero attached hydrogens (tertiary/aromatic N) is 4. The first-order valence-electron chi connectivity index (χ1n) is 8.59. The Labute approximate surface area is 172 Å². The minimum Gasteiger partial charge on any atom is -0.386 e. The quantitative estimate of drug-likeness (QED) is 0.745. The lowest BCUT2D eigenvalue weighted by Crippen LogP contribution is -2.50. The van der Waals surface area contributed by atoms with Gasteiger partial charge in [-0.2, -0.15) is 8.75 Å². The molecule has 9 nitrogen and oxygen atoms in total. The normalized spacial score (nSPS) is 23.8. The Bertz CT molecular complexity index is 1080. The zero-order valence-corrected chi connectivity index (χ0v) is 17.9. The van der Waals surface area contributed by atoms with Crippen LogP contribution < -0.4 is 11.1 Å². The third-order valence-electron chi connectivity index (χ3n) is 4.97. The van der Waals surface area contributed by atoms with Gasteiger partial charge in [0.25, 0.3) is 5.91 Å². The van der Waals surface area contributed by atoms with E-state index in [1.807, 2.05) is 0 Å². The summed E-state index contributed by atoms with van der Waals surface area (Å²) in [6.07, 6.45) is 1.32. The number of halogens is 1. The standard InChI is InChI=1S/C17H21FN6O3S2/c1-16(2)15(19)22-17(3,9-24(4)29(16,26)27)11-7-10(5-6-12(11)18)21-14(25)13-8-20-28-23-13/h5-8H,9H2,1-4H3,(H2,19,22)(H,21,25). The summed E-state index contributed by atoms with van der Waals surface area (Å²) in [5.41, 5.74) is 5.29. The highest BCUT2D eigenvalue weighted by Gasteiger charge is 2.48. The molecule has 1 aliphatic heterocycles. The van der Waals surface area contributed by atoms with Gasteiger partial charge in [-0.1, -0.05) is 0 Å². The zero-order valence-electron chi connectivity index (χ0n) is 16.3. The molecular weight excluding hydrogens is 419 g/mol. The van der Waals surface area contributed by atoms with Crippen molar-refractivity contribution in [2.75, 3.05) is 18.9 Å². The molecule has 1 amide bonds. The SMILES string of the molecule is CN1CC(C)(c2cc(NC(=O)c3cnsn3)ccc2F)N=C(N)C(C)(C)S1(=O)=O. The average molecular weight is 441 g/mol. The Balaban J connectivity index is 2.05. The smallest absolute Gasteiger partial charge is 0.277 e. The molecule has 0 spiro atoms. The van der Waals surface area contributed by atoms with Crippen molar-refractivity contribution in [3.63, 3.8) is 0 Å². The summed E-state index contributed by atoms with van der Waals surface area (Å²) >= 11 is 0.894. The van der Waals surface area contributed by atoms with Gasteiger partial charge < -0.3 is 11.1 Å². The van der Waals surface area contributed by atoms with E-state index in [2.05, 4.69) is 19.1 Å². The number of rotatable bonds is 3. The highest BCUT2D eigenvalue weighted by molar-refractivity contribution is 7.91. The van der Waals surface area contributed by atoms with Crippen LogP contribution >= 0.6 is 11.7 Å². The Morgan fingerprint density at radius 3 is 2.66 bits per heavy atom. The minimum absolute atomic E-state index is 0.106. The number of nitrogens with one attached hydrogen (secondary N) is 1. The number of likely N-dealkylation sites (N-methyl/N-ethyl adjacent to an activating group) is 1. The van der Waals surface area contributed by atoms with Crippen LogP contribution in [0, 0.1) is 5.82 Å². The Kier molecular flexibility index (Phi) is 5.22. The Hall–Kier alpha value is -2.44. The number of aliphatic imine (C=N–C) groups is 1. The van der Waals surface area contributed by atoms with Gasteiger partial charge in [0.15, 0.2) is 5.69 Å². The van der Waals surface area contributed by atoms with E-state index in [0.29, 0.717) is 5.69 Å². The molecule has 1 aliphatic rings. The van der Waals surface area contributed by atoms with Crippen LogP contribution in [0.3, 0.4) is 0 Å². The van der Waals surface area contributed by atoms with Crippen LogP contribution in [-0.2, 0) is 15.6 Å². The summed E-state index contributed by atoms with van der Waals surface area (Å²) in [5.74, 6) is -1.21. The van der Waals surface area contributed by atoms with Crippen LogP contribution in [0.2, 0.25) is 0 Å². The molecule has 1 atom stereocenters. The third-order valence-corrected chi connectivity index (χ3v) is 7.89. The van der Waals surface area contributed by atoms with Gasteiger partial charge in [0.1, 0.15) is 21.9 Å². The zero-order chi connectivity index (χ0) is 21.6. The highest BCUT2D eigenvalue weighted by Crippen LogP contribution is 2.36. The number of carbonyl (C=O) groups excluding carboxylic acids is 1. The average Bonchev–Trinajstić information content (AvgIpc) is 3.16. The van der Waals surface area contributed by atoms with Crippen molar-refractivity contribution >= 4 is 39.2 Å². The van der Waals surface area contributed by atoms with E-state index in [1.165, 1.54) is 45.3 Å². The number of amides is 1. The molecule has 0 fully saturated rings. The fourth-order valence-electron chi connectivity index (χ4n) is 3.10. The van der Waals surface area contributed by atoms with E-state index in [1.54, 1.807) is 6.92 Å². The van der Waals surface area contributed by atoms with E-state index in [9.17, 15) is 17.6 Å². The largest absolute Gasteiger partial charge is 0.386 e. The number of anilines is 1. The number of sulfonamides is 1. The first-order valence-corrected chi connectivity index (χ1v) is 10.8. The van der Waals surface area contributed by atoms with Crippen molar-refractivity contribution in [3.8, 4) is 0 Å². The first-order chi connectivity index (χ1) is 13.4. The number of nitrogens with two attached hydrogens (primary N) is 1. The molecular formula is C17H21FN6O3S2. The highest BCUT2D eigenvalue weighted by atomic mass is 32.2. The summed E-state index contributed by atoms with van der Waals surface area (Å²) in [6.45, 7) is 4.39. The Morgan fingerprint density at radius 2 is 2.03 bits per heavy atom. The van der Waals surface area contributed by atoms with Gasteiger partial charge in [-0.05, 0) is 39.0 Å². The molecule has 3 N–H and O–H groups in total. The maximum absolute atomic E-state index is 14.8. The molecule has 1 unspecified atom stereocenters. The van der Waals surface area contributed by atoms with Crippen molar-refractivity contribution in [1.29, 1.82) is 0 Å². The summed E-state index contributed by atoms with van der Waals surface area (Å²) in [5, 5.41) is 2.63. The second-order valence-electron chi connectivity index (χ2n) is 7.48. The van der Waals surface area contributed by atoms with E-state index >= 15 is 0 Å². The van der Waals surface area contributed by atoms with Crippen LogP contribution in [0.1, 0.15) is 36.8 Å². The van der Waals surface area contributed by atoms with Gasteiger partial charge in [-0.25, -0.2) is 17.1 Å². The topological polar surface area (TPSA) is 131 Å². The maximum atomic E-state index is 14.8. The minimum atomic E-state index is -3.80. The Morgan fingerprint density at radius 1 is 1.34 bits per heavy atom. The molecule has 0 bridgehead atoms. The fraction of sp³-hybridized carbons (Fsp3) is 0.412. The summed E-state index contributed by atoms with van der Waals surface area (Å²) < 4.78 is 47.7. The molecule has 0 saturated carbocycles.